The van der Waals surface area contributed by atoms with E-state index in [2.05, 4.69) is 21.7 Å². The lowest BCUT2D eigenvalue weighted by Gasteiger charge is -2.11. The highest BCUT2D eigenvalue weighted by Gasteiger charge is 2.30. The van der Waals surface area contributed by atoms with Gasteiger partial charge >= 0.3 is 11.8 Å². The zero-order chi connectivity index (χ0) is 20.6. The van der Waals surface area contributed by atoms with Gasteiger partial charge in [0.25, 0.3) is 0 Å². The monoisotopic (exact) mass is 429 g/mol. The standard InChI is InChI=1S/C20H19N3O4S2/c1-12-2-7-16-17(10-12)28-20(23-16)13-3-5-14(6-4-13)21-18(24)19(25)22-15-8-9-29(26,27)11-15/h2-7,10,15H,8-9,11H2,1H3,(H,21,24)(H,22,25). The summed E-state index contributed by atoms with van der Waals surface area (Å²) in [5.41, 5.74) is 3.52. The number of aromatic nitrogens is 1. The Kier molecular flexibility index (Phi) is 5.10. The second kappa shape index (κ2) is 7.57. The summed E-state index contributed by atoms with van der Waals surface area (Å²) in [7, 11) is -3.12. The predicted molar refractivity (Wildman–Crippen MR) is 114 cm³/mol. The van der Waals surface area contributed by atoms with Crippen LogP contribution in [0.4, 0.5) is 5.69 Å². The number of nitrogens with zero attached hydrogens (tertiary/aromatic N) is 1. The van der Waals surface area contributed by atoms with Crippen LogP contribution in [0.2, 0.25) is 0 Å². The molecule has 2 amide bonds. The second-order valence-corrected chi connectivity index (χ2v) is 10.4. The first-order valence-electron chi connectivity index (χ1n) is 9.09. The van der Waals surface area contributed by atoms with Crippen molar-refractivity contribution in [3.8, 4) is 10.6 Å². The molecule has 4 rings (SSSR count). The first-order chi connectivity index (χ1) is 13.8. The number of nitrogens with one attached hydrogen (secondary N) is 2. The van der Waals surface area contributed by atoms with E-state index in [1.807, 2.05) is 31.2 Å². The third-order valence-corrected chi connectivity index (χ3v) is 7.54. The van der Waals surface area contributed by atoms with E-state index >= 15 is 0 Å². The molecule has 2 heterocycles. The Hall–Kier alpha value is -2.78. The molecule has 1 fully saturated rings. The molecule has 1 aliphatic rings. The molecule has 0 spiro atoms. The van der Waals surface area contributed by atoms with Gasteiger partial charge in [0.2, 0.25) is 0 Å². The molecule has 1 atom stereocenters. The second-order valence-electron chi connectivity index (χ2n) is 7.10. The normalized spacial score (nSPS) is 17.9. The van der Waals surface area contributed by atoms with Crippen molar-refractivity contribution < 1.29 is 18.0 Å². The quantitative estimate of drug-likeness (QED) is 0.623. The van der Waals surface area contributed by atoms with Gasteiger partial charge in [-0.25, -0.2) is 13.4 Å². The molecule has 7 nitrogen and oxygen atoms in total. The number of fused-ring (bicyclic) bond motifs is 1. The van der Waals surface area contributed by atoms with Crippen molar-refractivity contribution in [1.82, 2.24) is 10.3 Å². The van der Waals surface area contributed by atoms with Crippen LogP contribution in [0.1, 0.15) is 12.0 Å². The van der Waals surface area contributed by atoms with Crippen molar-refractivity contribution in [2.75, 3.05) is 16.8 Å². The summed E-state index contributed by atoms with van der Waals surface area (Å²) >= 11 is 1.60. The number of carbonyl (C=O) groups excluding carboxylic acids is 2. The molecule has 29 heavy (non-hydrogen) atoms. The maximum atomic E-state index is 12.1. The molecule has 150 valence electrons. The molecule has 2 aromatic carbocycles. The topological polar surface area (TPSA) is 105 Å². The Balaban J connectivity index is 1.41. The Morgan fingerprint density at radius 2 is 1.86 bits per heavy atom. The van der Waals surface area contributed by atoms with Crippen molar-refractivity contribution in [2.24, 2.45) is 0 Å². The molecule has 0 saturated carbocycles. The highest BCUT2D eigenvalue weighted by atomic mass is 32.2. The van der Waals surface area contributed by atoms with Crippen LogP contribution < -0.4 is 10.6 Å². The van der Waals surface area contributed by atoms with Gasteiger partial charge < -0.3 is 10.6 Å². The zero-order valence-electron chi connectivity index (χ0n) is 15.6. The molecule has 0 aliphatic carbocycles. The Morgan fingerprint density at radius 3 is 2.55 bits per heavy atom. The van der Waals surface area contributed by atoms with Crippen molar-refractivity contribution in [2.45, 2.75) is 19.4 Å². The number of sulfone groups is 1. The van der Waals surface area contributed by atoms with Crippen LogP contribution in [0.15, 0.2) is 42.5 Å². The van der Waals surface area contributed by atoms with Crippen molar-refractivity contribution in [3.63, 3.8) is 0 Å². The van der Waals surface area contributed by atoms with Gasteiger partial charge in [-0.05, 0) is 55.3 Å². The highest BCUT2D eigenvalue weighted by Crippen LogP contribution is 2.31. The molecule has 2 N–H and O–H groups in total. The molecular weight excluding hydrogens is 410 g/mol. The van der Waals surface area contributed by atoms with E-state index in [1.54, 1.807) is 23.5 Å². The SMILES string of the molecule is Cc1ccc2nc(-c3ccc(NC(=O)C(=O)NC4CCS(=O)(=O)C4)cc3)sc2c1. The number of aryl methyl sites for hydroxylation is 1. The summed E-state index contributed by atoms with van der Waals surface area (Å²) in [4.78, 5) is 28.7. The number of benzene rings is 2. The number of rotatable bonds is 3. The van der Waals surface area contributed by atoms with E-state index in [0.29, 0.717) is 12.1 Å². The van der Waals surface area contributed by atoms with Crippen molar-refractivity contribution >= 4 is 48.9 Å². The summed E-state index contributed by atoms with van der Waals surface area (Å²) in [6.45, 7) is 2.04. The maximum Gasteiger partial charge on any atom is 0.313 e. The summed E-state index contributed by atoms with van der Waals surface area (Å²) in [6.07, 6.45) is 0.331. The van der Waals surface area contributed by atoms with Gasteiger partial charge in [-0.3, -0.25) is 9.59 Å². The minimum absolute atomic E-state index is 0.0341. The van der Waals surface area contributed by atoms with Crippen LogP contribution in [0.3, 0.4) is 0 Å². The fraction of sp³-hybridized carbons (Fsp3) is 0.250. The molecule has 1 aliphatic heterocycles. The first-order valence-corrected chi connectivity index (χ1v) is 11.7. The number of hydrogen-bond donors (Lipinski definition) is 2. The average molecular weight is 430 g/mol. The van der Waals surface area contributed by atoms with E-state index in [0.717, 1.165) is 20.8 Å². The van der Waals surface area contributed by atoms with Crippen molar-refractivity contribution in [1.29, 1.82) is 0 Å². The van der Waals surface area contributed by atoms with E-state index in [-0.39, 0.29) is 11.5 Å². The van der Waals surface area contributed by atoms with E-state index < -0.39 is 27.7 Å². The molecule has 1 saturated heterocycles. The minimum atomic E-state index is -3.12. The van der Waals surface area contributed by atoms with Gasteiger partial charge in [0.1, 0.15) is 5.01 Å². The molecule has 0 bridgehead atoms. The largest absolute Gasteiger partial charge is 0.344 e. The fourth-order valence-electron chi connectivity index (χ4n) is 3.20. The van der Waals surface area contributed by atoms with E-state index in [1.165, 1.54) is 5.56 Å². The zero-order valence-corrected chi connectivity index (χ0v) is 17.3. The van der Waals surface area contributed by atoms with Crippen LogP contribution in [0.25, 0.3) is 20.8 Å². The number of hydrogen-bond acceptors (Lipinski definition) is 6. The van der Waals surface area contributed by atoms with Crippen LogP contribution in [0, 0.1) is 6.92 Å². The molecule has 1 unspecified atom stereocenters. The molecule has 0 radical (unpaired) electrons. The van der Waals surface area contributed by atoms with Gasteiger partial charge in [0.15, 0.2) is 9.84 Å². The number of amides is 2. The van der Waals surface area contributed by atoms with Gasteiger partial charge in [0, 0.05) is 17.3 Å². The van der Waals surface area contributed by atoms with Gasteiger partial charge in [0.05, 0.1) is 21.7 Å². The van der Waals surface area contributed by atoms with Crippen molar-refractivity contribution in [3.05, 3.63) is 48.0 Å². The predicted octanol–water partition coefficient (Wildman–Crippen LogP) is 2.51. The number of thiazole rings is 1. The lowest BCUT2D eigenvalue weighted by Crippen LogP contribution is -2.42. The first kappa shape index (κ1) is 19.5. The van der Waals surface area contributed by atoms with Crippen LogP contribution in [-0.4, -0.2) is 42.8 Å². The lowest BCUT2D eigenvalue weighted by atomic mass is 10.2. The summed E-state index contributed by atoms with van der Waals surface area (Å²) in [5, 5.41) is 5.88. The van der Waals surface area contributed by atoms with Gasteiger partial charge in [-0.15, -0.1) is 11.3 Å². The average Bonchev–Trinajstić information content (AvgIpc) is 3.24. The Bertz CT molecular complexity index is 1200. The van der Waals surface area contributed by atoms with Crippen LogP contribution in [0.5, 0.6) is 0 Å². The summed E-state index contributed by atoms with van der Waals surface area (Å²) in [5.74, 6) is -1.75. The summed E-state index contributed by atoms with van der Waals surface area (Å²) in [6, 6.07) is 12.7. The molecular formula is C20H19N3O4S2. The Labute approximate surface area is 172 Å². The molecule has 9 heteroatoms. The smallest absolute Gasteiger partial charge is 0.313 e. The van der Waals surface area contributed by atoms with Gasteiger partial charge in [-0.1, -0.05) is 6.07 Å². The Morgan fingerprint density at radius 1 is 1.10 bits per heavy atom. The molecule has 3 aromatic rings. The van der Waals surface area contributed by atoms with E-state index in [9.17, 15) is 18.0 Å². The maximum absolute atomic E-state index is 12.1. The summed E-state index contributed by atoms with van der Waals surface area (Å²) < 4.78 is 24.0. The van der Waals surface area contributed by atoms with E-state index in [4.69, 9.17) is 0 Å². The lowest BCUT2D eigenvalue weighted by molar-refractivity contribution is -0.136. The number of anilines is 1. The third-order valence-electron chi connectivity index (χ3n) is 4.71. The number of carbonyl (C=O) groups is 2. The van der Waals surface area contributed by atoms with Crippen LogP contribution in [-0.2, 0) is 19.4 Å². The third kappa shape index (κ3) is 4.46. The van der Waals surface area contributed by atoms with Crippen LogP contribution >= 0.6 is 11.3 Å². The molecule has 1 aromatic heterocycles. The highest BCUT2D eigenvalue weighted by molar-refractivity contribution is 7.91. The van der Waals surface area contributed by atoms with Gasteiger partial charge in [-0.2, -0.15) is 0 Å². The fourth-order valence-corrected chi connectivity index (χ4v) is 5.94. The minimum Gasteiger partial charge on any atom is -0.344 e.